The summed E-state index contributed by atoms with van der Waals surface area (Å²) >= 11 is 0. The predicted molar refractivity (Wildman–Crippen MR) is 105 cm³/mol. The van der Waals surface area contributed by atoms with Crippen molar-refractivity contribution in [2.75, 3.05) is 7.05 Å². The first kappa shape index (κ1) is 19.2. The lowest BCUT2D eigenvalue weighted by Gasteiger charge is -2.13. The largest absolute Gasteiger partial charge is 0.508 e. The Bertz CT molecular complexity index is 1060. The van der Waals surface area contributed by atoms with Crippen LogP contribution >= 0.6 is 0 Å². The summed E-state index contributed by atoms with van der Waals surface area (Å²) in [5.74, 6) is -0.0623. The third-order valence-corrected chi connectivity index (χ3v) is 4.52. The van der Waals surface area contributed by atoms with Gasteiger partial charge in [-0.15, -0.1) is 0 Å². The van der Waals surface area contributed by atoms with E-state index in [0.29, 0.717) is 16.8 Å². The van der Waals surface area contributed by atoms with E-state index in [1.807, 2.05) is 13.8 Å². The van der Waals surface area contributed by atoms with Gasteiger partial charge in [0.2, 0.25) is 5.91 Å². The van der Waals surface area contributed by atoms with Crippen LogP contribution in [0.2, 0.25) is 0 Å². The molecule has 146 valence electrons. The molecule has 0 aliphatic heterocycles. The molecule has 0 radical (unpaired) electrons. The smallest absolute Gasteiger partial charge is 0.348 e. The number of carbonyl (C=O) groups is 1. The molecule has 0 aliphatic carbocycles. The van der Waals surface area contributed by atoms with Crippen LogP contribution in [0.25, 0.3) is 17.1 Å². The maximum atomic E-state index is 12.4. The summed E-state index contributed by atoms with van der Waals surface area (Å²) in [6.07, 6.45) is 0.237. The Morgan fingerprint density at radius 2 is 1.86 bits per heavy atom. The van der Waals surface area contributed by atoms with E-state index in [0.717, 1.165) is 5.56 Å². The van der Waals surface area contributed by atoms with Crippen molar-refractivity contribution in [3.05, 3.63) is 58.0 Å². The second-order valence-corrected chi connectivity index (χ2v) is 6.79. The number of nitrogens with zero attached hydrogens (tertiary/aromatic N) is 2. The fourth-order valence-corrected chi connectivity index (χ4v) is 2.99. The summed E-state index contributed by atoms with van der Waals surface area (Å²) in [5.41, 5.74) is 1.83. The van der Waals surface area contributed by atoms with Gasteiger partial charge < -0.3 is 15.5 Å². The summed E-state index contributed by atoms with van der Waals surface area (Å²) in [4.78, 5) is 23.9. The van der Waals surface area contributed by atoms with Gasteiger partial charge in [-0.05, 0) is 35.2 Å². The number of carbonyl (C=O) groups excluding carboxylic acids is 1. The quantitative estimate of drug-likeness (QED) is 0.538. The lowest BCUT2D eigenvalue weighted by molar-refractivity contribution is -0.119. The zero-order valence-electron chi connectivity index (χ0n) is 15.9. The number of benzene rings is 2. The van der Waals surface area contributed by atoms with Gasteiger partial charge in [-0.2, -0.15) is 5.10 Å². The molecule has 0 fully saturated rings. The Labute approximate surface area is 161 Å². The first-order valence-corrected chi connectivity index (χ1v) is 8.85. The number of hydrogen-bond acceptors (Lipinski definition) is 5. The molecule has 28 heavy (non-hydrogen) atoms. The summed E-state index contributed by atoms with van der Waals surface area (Å²) in [7, 11) is 1.57. The lowest BCUT2D eigenvalue weighted by Crippen LogP contribution is -2.20. The average molecular weight is 382 g/mol. The number of H-pyrrole nitrogens is 1. The van der Waals surface area contributed by atoms with E-state index in [9.17, 15) is 19.8 Å². The Balaban J connectivity index is 2.08. The number of phenols is 2. The first-order chi connectivity index (χ1) is 13.3. The molecule has 0 unspecified atom stereocenters. The van der Waals surface area contributed by atoms with Crippen LogP contribution in [0.4, 0.5) is 0 Å². The third kappa shape index (κ3) is 3.62. The Morgan fingerprint density at radius 3 is 2.46 bits per heavy atom. The molecule has 0 bridgehead atoms. The molecule has 8 heteroatoms. The van der Waals surface area contributed by atoms with Gasteiger partial charge >= 0.3 is 5.69 Å². The molecule has 2 aromatic carbocycles. The molecule has 0 saturated carbocycles. The molecular weight excluding hydrogens is 360 g/mol. The molecular formula is C20H22N4O4. The molecule has 0 spiro atoms. The Morgan fingerprint density at radius 1 is 1.18 bits per heavy atom. The van der Waals surface area contributed by atoms with Gasteiger partial charge in [0.15, 0.2) is 5.82 Å². The molecule has 1 amide bonds. The van der Waals surface area contributed by atoms with E-state index in [4.69, 9.17) is 0 Å². The molecule has 1 aromatic heterocycles. The number of aromatic nitrogens is 3. The summed E-state index contributed by atoms with van der Waals surface area (Å²) in [6.45, 7) is 3.83. The third-order valence-electron chi connectivity index (χ3n) is 4.52. The number of aromatic amines is 1. The van der Waals surface area contributed by atoms with Crippen molar-refractivity contribution in [3.8, 4) is 28.6 Å². The number of hydrogen-bond donors (Lipinski definition) is 4. The highest BCUT2D eigenvalue weighted by atomic mass is 16.3. The van der Waals surface area contributed by atoms with Crippen molar-refractivity contribution < 1.29 is 15.0 Å². The average Bonchev–Trinajstić information content (AvgIpc) is 3.03. The number of rotatable bonds is 5. The highest BCUT2D eigenvalue weighted by Gasteiger charge is 2.19. The van der Waals surface area contributed by atoms with Crippen molar-refractivity contribution in [2.45, 2.75) is 26.2 Å². The number of amides is 1. The van der Waals surface area contributed by atoms with Crippen LogP contribution in [-0.4, -0.2) is 37.9 Å². The molecule has 0 atom stereocenters. The number of phenolic OH excluding ortho intramolecular Hbond substituents is 2. The molecule has 3 rings (SSSR count). The van der Waals surface area contributed by atoms with Crippen LogP contribution < -0.4 is 11.0 Å². The lowest BCUT2D eigenvalue weighted by atomic mass is 9.98. The monoisotopic (exact) mass is 382 g/mol. The van der Waals surface area contributed by atoms with Crippen LogP contribution in [0.3, 0.4) is 0 Å². The summed E-state index contributed by atoms with van der Waals surface area (Å²) in [6, 6.07) is 9.80. The van der Waals surface area contributed by atoms with Crippen molar-refractivity contribution in [2.24, 2.45) is 0 Å². The maximum Gasteiger partial charge on any atom is 0.348 e. The second-order valence-electron chi connectivity index (χ2n) is 6.79. The minimum Gasteiger partial charge on any atom is -0.508 e. The fourth-order valence-electron chi connectivity index (χ4n) is 2.99. The van der Waals surface area contributed by atoms with Crippen LogP contribution in [-0.2, 0) is 11.2 Å². The minimum absolute atomic E-state index is 0.0146. The first-order valence-electron chi connectivity index (χ1n) is 8.85. The van der Waals surface area contributed by atoms with Gasteiger partial charge in [-0.25, -0.2) is 14.5 Å². The topological polar surface area (TPSA) is 120 Å². The van der Waals surface area contributed by atoms with Crippen molar-refractivity contribution in [1.29, 1.82) is 0 Å². The van der Waals surface area contributed by atoms with E-state index >= 15 is 0 Å². The van der Waals surface area contributed by atoms with Crippen LogP contribution in [0.1, 0.15) is 30.9 Å². The maximum absolute atomic E-state index is 12.4. The molecule has 8 nitrogen and oxygen atoms in total. The van der Waals surface area contributed by atoms with E-state index < -0.39 is 5.69 Å². The van der Waals surface area contributed by atoms with Crippen LogP contribution in [0.15, 0.2) is 41.2 Å². The number of likely N-dealkylation sites (N-methyl/N-ethyl adjacent to an activating group) is 1. The van der Waals surface area contributed by atoms with Gasteiger partial charge in [-0.3, -0.25) is 4.79 Å². The van der Waals surface area contributed by atoms with Crippen LogP contribution in [0, 0.1) is 0 Å². The molecule has 1 heterocycles. The van der Waals surface area contributed by atoms with Crippen LogP contribution in [0.5, 0.6) is 11.5 Å². The molecule has 0 aliphatic rings. The minimum atomic E-state index is -0.465. The summed E-state index contributed by atoms with van der Waals surface area (Å²) in [5, 5.41) is 29.4. The fraction of sp³-hybridized carbons (Fsp3) is 0.250. The second kappa shape index (κ2) is 7.59. The Hall–Kier alpha value is -3.55. The SMILES string of the molecule is CNC(=O)Cc1ccc(-n2c(-c3cc(C(C)C)c(O)cc3O)n[nH]c2=O)cc1. The number of nitrogens with one attached hydrogen (secondary N) is 2. The van der Waals surface area contributed by atoms with E-state index in [-0.39, 0.29) is 35.6 Å². The Kier molecular flexibility index (Phi) is 5.21. The van der Waals surface area contributed by atoms with E-state index in [2.05, 4.69) is 15.5 Å². The predicted octanol–water partition coefficient (Wildman–Crippen LogP) is 2.05. The zero-order chi connectivity index (χ0) is 20.4. The molecule has 4 N–H and O–H groups in total. The van der Waals surface area contributed by atoms with Gasteiger partial charge in [-0.1, -0.05) is 26.0 Å². The normalized spacial score (nSPS) is 11.0. The van der Waals surface area contributed by atoms with Gasteiger partial charge in [0, 0.05) is 13.1 Å². The van der Waals surface area contributed by atoms with Gasteiger partial charge in [0.25, 0.3) is 0 Å². The van der Waals surface area contributed by atoms with Crippen molar-refractivity contribution in [1.82, 2.24) is 20.1 Å². The van der Waals surface area contributed by atoms with Crippen molar-refractivity contribution in [3.63, 3.8) is 0 Å². The molecule has 0 saturated heterocycles. The highest BCUT2D eigenvalue weighted by Crippen LogP contribution is 2.37. The van der Waals surface area contributed by atoms with E-state index in [1.165, 1.54) is 10.6 Å². The molecule has 3 aromatic rings. The van der Waals surface area contributed by atoms with Gasteiger partial charge in [0.05, 0.1) is 17.7 Å². The van der Waals surface area contributed by atoms with E-state index in [1.54, 1.807) is 37.4 Å². The number of aromatic hydroxyl groups is 2. The zero-order valence-corrected chi connectivity index (χ0v) is 15.9. The standard InChI is InChI=1S/C20H22N4O4/c1-11(2)14-9-15(17(26)10-16(14)25)19-22-23-20(28)24(19)13-6-4-12(5-7-13)8-18(27)21-3/h4-7,9-11,25-26H,8H2,1-3H3,(H,21,27)(H,23,28). The van der Waals surface area contributed by atoms with Crippen molar-refractivity contribution >= 4 is 5.91 Å². The highest BCUT2D eigenvalue weighted by molar-refractivity contribution is 5.78. The van der Waals surface area contributed by atoms with Gasteiger partial charge in [0.1, 0.15) is 11.5 Å². The summed E-state index contributed by atoms with van der Waals surface area (Å²) < 4.78 is 1.33.